The summed E-state index contributed by atoms with van der Waals surface area (Å²) in [6.07, 6.45) is 3.37. The highest BCUT2D eigenvalue weighted by Crippen LogP contribution is 2.23. The summed E-state index contributed by atoms with van der Waals surface area (Å²) in [5.41, 5.74) is 2.85. The van der Waals surface area contributed by atoms with E-state index in [9.17, 15) is 9.18 Å². The SMILES string of the molecule is O=C(c1ccc(F)cc1)n1nc(-c2cccnc2)cc1NCc1ccccc1. The molecule has 138 valence electrons. The summed E-state index contributed by atoms with van der Waals surface area (Å²) < 4.78 is 14.5. The Morgan fingerprint density at radius 1 is 1.00 bits per heavy atom. The van der Waals surface area contributed by atoms with Gasteiger partial charge in [0, 0.05) is 36.1 Å². The maximum absolute atomic E-state index is 13.2. The normalized spacial score (nSPS) is 10.6. The highest BCUT2D eigenvalue weighted by molar-refractivity contribution is 5.97. The van der Waals surface area contributed by atoms with Gasteiger partial charge in [0.1, 0.15) is 11.6 Å². The molecule has 28 heavy (non-hydrogen) atoms. The molecule has 5 nitrogen and oxygen atoms in total. The van der Waals surface area contributed by atoms with E-state index in [0.717, 1.165) is 11.1 Å². The lowest BCUT2D eigenvalue weighted by Gasteiger charge is -2.09. The third-order valence-corrected chi connectivity index (χ3v) is 4.27. The van der Waals surface area contributed by atoms with Crippen molar-refractivity contribution in [2.45, 2.75) is 6.54 Å². The molecule has 0 fully saturated rings. The summed E-state index contributed by atoms with van der Waals surface area (Å²) in [5, 5.41) is 7.73. The number of pyridine rings is 1. The lowest BCUT2D eigenvalue weighted by atomic mass is 10.2. The number of hydrogen-bond donors (Lipinski definition) is 1. The van der Waals surface area contributed by atoms with Gasteiger partial charge >= 0.3 is 0 Å². The average Bonchev–Trinajstić information content (AvgIpc) is 3.18. The maximum atomic E-state index is 13.2. The van der Waals surface area contributed by atoms with Crippen molar-refractivity contribution in [1.82, 2.24) is 14.8 Å². The zero-order valence-electron chi connectivity index (χ0n) is 14.9. The average molecular weight is 372 g/mol. The van der Waals surface area contributed by atoms with E-state index < -0.39 is 5.82 Å². The second-order valence-electron chi connectivity index (χ2n) is 6.22. The number of carbonyl (C=O) groups excluding carboxylic acids is 1. The Hall–Kier alpha value is -3.80. The number of nitrogens with zero attached hydrogens (tertiary/aromatic N) is 3. The minimum Gasteiger partial charge on any atom is -0.366 e. The quantitative estimate of drug-likeness (QED) is 0.565. The van der Waals surface area contributed by atoms with Gasteiger partial charge in [-0.3, -0.25) is 9.78 Å². The molecule has 6 heteroatoms. The first-order valence-corrected chi connectivity index (χ1v) is 8.79. The number of anilines is 1. The van der Waals surface area contributed by atoms with Gasteiger partial charge in [-0.15, -0.1) is 0 Å². The Labute approximate surface area is 161 Å². The highest BCUT2D eigenvalue weighted by Gasteiger charge is 2.17. The molecular weight excluding hydrogens is 355 g/mol. The van der Waals surface area contributed by atoms with Crippen molar-refractivity contribution in [3.05, 3.63) is 102 Å². The largest absolute Gasteiger partial charge is 0.366 e. The van der Waals surface area contributed by atoms with E-state index in [1.807, 2.05) is 42.5 Å². The number of halogens is 1. The van der Waals surface area contributed by atoms with Crippen molar-refractivity contribution in [1.29, 1.82) is 0 Å². The number of aromatic nitrogens is 3. The summed E-state index contributed by atoms with van der Waals surface area (Å²) in [7, 11) is 0. The number of carbonyl (C=O) groups is 1. The second kappa shape index (κ2) is 7.84. The van der Waals surface area contributed by atoms with E-state index in [2.05, 4.69) is 15.4 Å². The smallest absolute Gasteiger partial charge is 0.280 e. The molecule has 1 N–H and O–H groups in total. The molecule has 4 aromatic rings. The van der Waals surface area contributed by atoms with E-state index in [-0.39, 0.29) is 5.91 Å². The third kappa shape index (κ3) is 3.81. The van der Waals surface area contributed by atoms with Crippen LogP contribution >= 0.6 is 0 Å². The fourth-order valence-corrected chi connectivity index (χ4v) is 2.82. The maximum Gasteiger partial charge on any atom is 0.280 e. The fourth-order valence-electron chi connectivity index (χ4n) is 2.82. The van der Waals surface area contributed by atoms with E-state index >= 15 is 0 Å². The lowest BCUT2D eigenvalue weighted by Crippen LogP contribution is -2.17. The first-order valence-electron chi connectivity index (χ1n) is 8.79. The zero-order chi connectivity index (χ0) is 19.3. The van der Waals surface area contributed by atoms with Gasteiger partial charge in [-0.25, -0.2) is 4.39 Å². The number of hydrogen-bond acceptors (Lipinski definition) is 4. The Morgan fingerprint density at radius 3 is 2.50 bits per heavy atom. The molecule has 0 spiro atoms. The van der Waals surface area contributed by atoms with Crippen molar-refractivity contribution < 1.29 is 9.18 Å². The van der Waals surface area contributed by atoms with Crippen LogP contribution in [0.4, 0.5) is 10.2 Å². The summed E-state index contributed by atoms with van der Waals surface area (Å²) in [6, 6.07) is 20.8. The first kappa shape index (κ1) is 17.6. The third-order valence-electron chi connectivity index (χ3n) is 4.27. The predicted octanol–water partition coefficient (Wildman–Crippen LogP) is 4.38. The first-order chi connectivity index (χ1) is 13.7. The van der Waals surface area contributed by atoms with Gasteiger partial charge in [-0.2, -0.15) is 9.78 Å². The van der Waals surface area contributed by atoms with E-state index in [1.54, 1.807) is 18.5 Å². The van der Waals surface area contributed by atoms with E-state index in [4.69, 9.17) is 0 Å². The van der Waals surface area contributed by atoms with Crippen LogP contribution in [0.1, 0.15) is 15.9 Å². The van der Waals surface area contributed by atoms with E-state index in [1.165, 1.54) is 28.9 Å². The molecule has 0 bridgehead atoms. The predicted molar refractivity (Wildman–Crippen MR) is 105 cm³/mol. The van der Waals surface area contributed by atoms with Crippen LogP contribution in [0, 0.1) is 5.82 Å². The minimum absolute atomic E-state index is 0.342. The molecule has 0 saturated heterocycles. The van der Waals surface area contributed by atoms with Crippen LogP contribution in [0.3, 0.4) is 0 Å². The molecule has 2 aromatic heterocycles. The molecule has 2 heterocycles. The summed E-state index contributed by atoms with van der Waals surface area (Å²) >= 11 is 0. The number of nitrogens with one attached hydrogen (secondary N) is 1. The summed E-state index contributed by atoms with van der Waals surface area (Å²) in [6.45, 7) is 0.537. The Kier molecular flexibility index (Phi) is 4.93. The molecule has 0 radical (unpaired) electrons. The molecule has 0 atom stereocenters. The molecule has 0 aliphatic carbocycles. The molecule has 0 aliphatic rings. The molecule has 0 unspecified atom stereocenters. The number of rotatable bonds is 5. The highest BCUT2D eigenvalue weighted by atomic mass is 19.1. The molecule has 4 rings (SSSR count). The Morgan fingerprint density at radius 2 is 1.79 bits per heavy atom. The van der Waals surface area contributed by atoms with Gasteiger partial charge in [0.15, 0.2) is 0 Å². The minimum atomic E-state index is -0.393. The summed E-state index contributed by atoms with van der Waals surface area (Å²) in [4.78, 5) is 17.1. The van der Waals surface area contributed by atoms with Crippen molar-refractivity contribution in [3.8, 4) is 11.3 Å². The number of benzene rings is 2. The molecule has 0 amide bonds. The van der Waals surface area contributed by atoms with Gasteiger partial charge in [-0.1, -0.05) is 30.3 Å². The van der Waals surface area contributed by atoms with E-state index in [0.29, 0.717) is 23.6 Å². The van der Waals surface area contributed by atoms with Crippen molar-refractivity contribution in [2.24, 2.45) is 0 Å². The van der Waals surface area contributed by atoms with Crippen LogP contribution in [-0.4, -0.2) is 20.7 Å². The topological polar surface area (TPSA) is 59.8 Å². The van der Waals surface area contributed by atoms with Crippen LogP contribution in [0.5, 0.6) is 0 Å². The second-order valence-corrected chi connectivity index (χ2v) is 6.22. The fraction of sp³-hybridized carbons (Fsp3) is 0.0455. The standard InChI is InChI=1S/C22H17FN4O/c23-19-10-8-17(9-11-19)22(28)27-21(25-14-16-5-2-1-3-6-16)13-20(26-27)18-7-4-12-24-15-18/h1-13,15,25H,14H2. The molecule has 0 saturated carbocycles. The Balaban J connectivity index is 1.69. The van der Waals surface area contributed by atoms with Crippen LogP contribution in [0.25, 0.3) is 11.3 Å². The van der Waals surface area contributed by atoms with Crippen molar-refractivity contribution >= 4 is 11.7 Å². The van der Waals surface area contributed by atoms with Gasteiger partial charge in [0.25, 0.3) is 5.91 Å². The van der Waals surface area contributed by atoms with Gasteiger partial charge in [0.05, 0.1) is 5.69 Å². The monoisotopic (exact) mass is 372 g/mol. The zero-order valence-corrected chi connectivity index (χ0v) is 14.9. The van der Waals surface area contributed by atoms with Crippen LogP contribution < -0.4 is 5.32 Å². The molecule has 0 aliphatic heterocycles. The van der Waals surface area contributed by atoms with Crippen LogP contribution in [0.2, 0.25) is 0 Å². The van der Waals surface area contributed by atoms with Gasteiger partial charge < -0.3 is 5.32 Å². The van der Waals surface area contributed by atoms with Gasteiger partial charge in [-0.05, 0) is 42.0 Å². The lowest BCUT2D eigenvalue weighted by molar-refractivity contribution is 0.0948. The van der Waals surface area contributed by atoms with Crippen LogP contribution in [-0.2, 0) is 6.54 Å². The van der Waals surface area contributed by atoms with Crippen molar-refractivity contribution in [3.63, 3.8) is 0 Å². The van der Waals surface area contributed by atoms with Crippen molar-refractivity contribution in [2.75, 3.05) is 5.32 Å². The van der Waals surface area contributed by atoms with Gasteiger partial charge in [0.2, 0.25) is 0 Å². The Bertz CT molecular complexity index is 1080. The molecule has 2 aromatic carbocycles. The summed E-state index contributed by atoms with van der Waals surface area (Å²) in [5.74, 6) is -0.182. The van der Waals surface area contributed by atoms with Crippen LogP contribution in [0.15, 0.2) is 85.2 Å². The molecular formula is C22H17FN4O.